The number of carbonyl (C=O) groups excluding carboxylic acids is 3. The second kappa shape index (κ2) is 23.4. The Morgan fingerprint density at radius 2 is 1.70 bits per heavy atom. The van der Waals surface area contributed by atoms with Crippen molar-refractivity contribution in [3.05, 3.63) is 12.7 Å². The van der Waals surface area contributed by atoms with E-state index >= 15 is 0 Å². The number of amides is 2. The standard InChI is InChI=1S/C32H55FN7O17P3S/c1-5-6-7-8-9-10-20(33)19(2)31(45)61-14-13-35-22(41)11-12-36-29(44)26(43)32(3,4)16-54-60(51,52)57-59(49,50)53-15-21-25(56-58(46,47)48)24(42)30(55-21)40-18-39-23-27(34)37-17-38-28(23)40/h17-21,24-26,30,42-43H,5-16H2,1-4H3,(H,35,41)(H,36,44)(H,49,50)(H,51,52)(H2,34,37,38)(H2,46,47,48)/t19-,20+,21+,24+,25+,26-,30+/m0/s1. The number of nitrogen functional groups attached to an aromatic ring is 1. The molecule has 0 bridgehead atoms. The van der Waals surface area contributed by atoms with Crippen molar-refractivity contribution in [3.63, 3.8) is 0 Å². The predicted octanol–water partition coefficient (Wildman–Crippen LogP) is 2.00. The number of hydrogen-bond donors (Lipinski definition) is 9. The largest absolute Gasteiger partial charge is 0.481 e. The second-order valence-electron chi connectivity index (χ2n) is 14.7. The van der Waals surface area contributed by atoms with Crippen molar-refractivity contribution < 1.29 is 84.9 Å². The number of phosphoric acid groups is 3. The fraction of sp³-hybridized carbons (Fsp3) is 0.750. The summed E-state index contributed by atoms with van der Waals surface area (Å²) in [6.45, 7) is 3.92. The van der Waals surface area contributed by atoms with Crippen LogP contribution in [0.2, 0.25) is 0 Å². The molecule has 1 aliphatic rings. The summed E-state index contributed by atoms with van der Waals surface area (Å²) in [6, 6.07) is 0. The highest BCUT2D eigenvalue weighted by Gasteiger charge is 2.50. The molecule has 2 unspecified atom stereocenters. The number of aliphatic hydroxyl groups is 2. The number of aliphatic hydroxyl groups excluding tert-OH is 2. The molecule has 0 radical (unpaired) electrons. The normalized spacial score (nSPS) is 22.0. The number of ether oxygens (including phenoxy) is 1. The second-order valence-corrected chi connectivity index (χ2v) is 20.1. The quantitative estimate of drug-likeness (QED) is 0.0457. The molecule has 1 saturated heterocycles. The fourth-order valence-corrected chi connectivity index (χ4v) is 9.40. The lowest BCUT2D eigenvalue weighted by Gasteiger charge is -2.30. The average Bonchev–Trinajstić information content (AvgIpc) is 3.73. The van der Waals surface area contributed by atoms with Crippen molar-refractivity contribution in [1.82, 2.24) is 30.2 Å². The first kappa shape index (κ1) is 52.8. The maximum Gasteiger partial charge on any atom is 0.481 e. The van der Waals surface area contributed by atoms with Gasteiger partial charge in [0.1, 0.15) is 42.4 Å². The zero-order valence-electron chi connectivity index (χ0n) is 33.8. The number of carbonyl (C=O) groups is 3. The highest BCUT2D eigenvalue weighted by Crippen LogP contribution is 2.61. The minimum atomic E-state index is -5.59. The van der Waals surface area contributed by atoms with Crippen LogP contribution in [0, 0.1) is 11.3 Å². The number of alkyl halides is 1. The third-order valence-corrected chi connectivity index (χ3v) is 13.4. The number of anilines is 1. The van der Waals surface area contributed by atoms with Gasteiger partial charge in [-0.15, -0.1) is 0 Å². The van der Waals surface area contributed by atoms with Crippen LogP contribution in [-0.2, 0) is 50.7 Å². The summed E-state index contributed by atoms with van der Waals surface area (Å²) in [5.74, 6) is -2.11. The van der Waals surface area contributed by atoms with E-state index in [0.29, 0.717) is 12.8 Å². The minimum Gasteiger partial charge on any atom is -0.386 e. The lowest BCUT2D eigenvalue weighted by molar-refractivity contribution is -0.137. The first-order chi connectivity index (χ1) is 28.4. The molecule has 2 aromatic rings. The zero-order chi connectivity index (χ0) is 45.8. The van der Waals surface area contributed by atoms with Crippen molar-refractivity contribution in [3.8, 4) is 0 Å². The summed E-state index contributed by atoms with van der Waals surface area (Å²) in [6.07, 6.45) is -3.13. The predicted molar refractivity (Wildman–Crippen MR) is 215 cm³/mol. The SMILES string of the molecule is CCCCCCC[C@@H](F)[C@H](C)C(=O)SCCNC(=O)CCNC(=O)[C@H](O)C(C)(C)COP(=O)(O)OP(=O)(O)OC[C@H]1O[C@@H](n2cnc3c(N)ncnc32)[C@H](O)[C@@H]1OP(=O)(O)O. The van der Waals surface area contributed by atoms with Gasteiger partial charge in [0, 0.05) is 30.7 Å². The van der Waals surface area contributed by atoms with Crippen LogP contribution in [0.25, 0.3) is 11.2 Å². The van der Waals surface area contributed by atoms with E-state index in [1.807, 2.05) is 0 Å². The molecule has 24 nitrogen and oxygen atoms in total. The molecule has 10 N–H and O–H groups in total. The van der Waals surface area contributed by atoms with E-state index in [0.717, 1.165) is 54.7 Å². The van der Waals surface area contributed by atoms with Crippen LogP contribution in [0.5, 0.6) is 0 Å². The summed E-state index contributed by atoms with van der Waals surface area (Å²) >= 11 is 0.914. The molecule has 3 heterocycles. The summed E-state index contributed by atoms with van der Waals surface area (Å²) in [7, 11) is -16.4. The van der Waals surface area contributed by atoms with Gasteiger partial charge in [-0.3, -0.25) is 32.5 Å². The summed E-state index contributed by atoms with van der Waals surface area (Å²) < 4.78 is 76.6. The average molecular weight is 954 g/mol. The van der Waals surface area contributed by atoms with Crippen molar-refractivity contribution in [2.45, 2.75) is 109 Å². The van der Waals surface area contributed by atoms with E-state index in [2.05, 4.69) is 41.3 Å². The smallest absolute Gasteiger partial charge is 0.386 e. The van der Waals surface area contributed by atoms with Gasteiger partial charge < -0.3 is 50.9 Å². The Labute approximate surface area is 354 Å². The van der Waals surface area contributed by atoms with E-state index in [1.165, 1.54) is 13.8 Å². The first-order valence-electron chi connectivity index (χ1n) is 19.1. The Balaban J connectivity index is 1.43. The van der Waals surface area contributed by atoms with Crippen LogP contribution in [-0.4, -0.2) is 129 Å². The van der Waals surface area contributed by atoms with Crippen molar-refractivity contribution in [1.29, 1.82) is 0 Å². The van der Waals surface area contributed by atoms with Crippen molar-refractivity contribution >= 4 is 69.1 Å². The Morgan fingerprint density at radius 3 is 2.38 bits per heavy atom. The molecule has 348 valence electrons. The van der Waals surface area contributed by atoms with E-state index < -0.39 is 96.6 Å². The molecular formula is C32H55FN7O17P3S. The molecule has 3 rings (SSSR count). The number of hydrogen-bond acceptors (Lipinski definition) is 18. The maximum absolute atomic E-state index is 14.4. The lowest BCUT2D eigenvalue weighted by atomic mass is 9.87. The van der Waals surface area contributed by atoms with Crippen LogP contribution >= 0.6 is 35.2 Å². The van der Waals surface area contributed by atoms with Crippen molar-refractivity contribution in [2.24, 2.45) is 11.3 Å². The van der Waals surface area contributed by atoms with E-state index in [1.54, 1.807) is 6.92 Å². The van der Waals surface area contributed by atoms with Crippen LogP contribution in [0.3, 0.4) is 0 Å². The topological polar surface area (TPSA) is 364 Å². The zero-order valence-corrected chi connectivity index (χ0v) is 37.3. The molecule has 0 aliphatic carbocycles. The van der Waals surface area contributed by atoms with Crippen molar-refractivity contribution in [2.75, 3.05) is 37.8 Å². The molecule has 29 heteroatoms. The third kappa shape index (κ3) is 16.9. The molecule has 0 saturated carbocycles. The molecule has 1 fully saturated rings. The number of rotatable bonds is 27. The van der Waals surface area contributed by atoms with Gasteiger partial charge in [0.25, 0.3) is 0 Å². The number of imidazole rings is 1. The van der Waals surface area contributed by atoms with E-state index in [4.69, 9.17) is 19.5 Å². The van der Waals surface area contributed by atoms with Gasteiger partial charge >= 0.3 is 23.5 Å². The lowest BCUT2D eigenvalue weighted by Crippen LogP contribution is -2.46. The van der Waals surface area contributed by atoms with Crippen LogP contribution in [0.4, 0.5) is 10.2 Å². The highest BCUT2D eigenvalue weighted by atomic mass is 32.2. The Morgan fingerprint density at radius 1 is 1.03 bits per heavy atom. The molecule has 2 amide bonds. The highest BCUT2D eigenvalue weighted by molar-refractivity contribution is 8.13. The molecular weight excluding hydrogens is 898 g/mol. The van der Waals surface area contributed by atoms with E-state index in [9.17, 15) is 62.3 Å². The van der Waals surface area contributed by atoms with E-state index in [-0.39, 0.29) is 47.4 Å². The Bertz CT molecular complexity index is 1930. The van der Waals surface area contributed by atoms with Crippen LogP contribution in [0.1, 0.15) is 78.9 Å². The van der Waals surface area contributed by atoms with Gasteiger partial charge in [0.05, 0.1) is 25.5 Å². The Kier molecular flexibility index (Phi) is 20.3. The minimum absolute atomic E-state index is 0.0242. The van der Waals surface area contributed by atoms with Gasteiger partial charge in [-0.05, 0) is 6.42 Å². The Hall–Kier alpha value is -2.51. The summed E-state index contributed by atoms with van der Waals surface area (Å²) in [4.78, 5) is 88.2. The molecule has 2 aromatic heterocycles. The molecule has 1 aliphatic heterocycles. The monoisotopic (exact) mass is 953 g/mol. The van der Waals surface area contributed by atoms with Gasteiger partial charge in [-0.2, -0.15) is 4.31 Å². The number of thioether (sulfide) groups is 1. The van der Waals surface area contributed by atoms with Gasteiger partial charge in [0.15, 0.2) is 22.8 Å². The maximum atomic E-state index is 14.4. The van der Waals surface area contributed by atoms with Crippen LogP contribution in [0.15, 0.2) is 12.7 Å². The number of nitrogens with zero attached hydrogens (tertiary/aromatic N) is 4. The fourth-order valence-electron chi connectivity index (χ4n) is 5.75. The van der Waals surface area contributed by atoms with Crippen LogP contribution < -0.4 is 16.4 Å². The molecule has 0 aromatic carbocycles. The number of halogens is 1. The molecule has 0 spiro atoms. The number of fused-ring (bicyclic) bond motifs is 1. The third-order valence-electron chi connectivity index (χ3n) is 9.24. The number of nitrogens with two attached hydrogens (primary N) is 1. The number of nitrogens with one attached hydrogen (secondary N) is 2. The van der Waals surface area contributed by atoms with Gasteiger partial charge in [0.2, 0.25) is 11.8 Å². The summed E-state index contributed by atoms with van der Waals surface area (Å²) in [5, 5.41) is 26.1. The number of aromatic nitrogens is 4. The molecule has 9 atom stereocenters. The first-order valence-corrected chi connectivity index (χ1v) is 24.6. The van der Waals surface area contributed by atoms with Gasteiger partial charge in [-0.25, -0.2) is 33.0 Å². The number of unbranched alkanes of at least 4 members (excludes halogenated alkanes) is 4. The molecule has 61 heavy (non-hydrogen) atoms. The van der Waals surface area contributed by atoms with Gasteiger partial charge in [-0.1, -0.05) is 71.6 Å². The summed E-state index contributed by atoms with van der Waals surface area (Å²) in [5.41, 5.74) is 4.23. The number of phosphoric ester groups is 3.